The molecule has 0 bridgehead atoms. The van der Waals surface area contributed by atoms with Crippen molar-refractivity contribution >= 4 is 11.6 Å². The molecule has 0 radical (unpaired) electrons. The average molecular weight is 309 g/mol. The van der Waals surface area contributed by atoms with Crippen molar-refractivity contribution in [1.29, 1.82) is 0 Å². The number of rotatable bonds is 6. The summed E-state index contributed by atoms with van der Waals surface area (Å²) in [7, 11) is 0. The third-order valence-electron chi connectivity index (χ3n) is 4.65. The van der Waals surface area contributed by atoms with E-state index in [2.05, 4.69) is 58.5 Å². The van der Waals surface area contributed by atoms with Crippen molar-refractivity contribution < 1.29 is 0 Å². The molecular formula is C18H23N5. The molecule has 5 heteroatoms. The van der Waals surface area contributed by atoms with Gasteiger partial charge in [0.25, 0.3) is 0 Å². The van der Waals surface area contributed by atoms with Gasteiger partial charge in [0.05, 0.1) is 11.2 Å². The summed E-state index contributed by atoms with van der Waals surface area (Å²) in [6.07, 6.45) is 7.92. The minimum absolute atomic E-state index is 0.0447. The molecule has 4 N–H and O–H groups in total. The van der Waals surface area contributed by atoms with Gasteiger partial charge in [-0.25, -0.2) is 9.97 Å². The molecular weight excluding hydrogens is 286 g/mol. The Labute approximate surface area is 137 Å². The van der Waals surface area contributed by atoms with Gasteiger partial charge in [-0.1, -0.05) is 37.8 Å². The number of anilines is 1. The maximum Gasteiger partial charge on any atom is 0.223 e. The Kier molecular flexibility index (Phi) is 4.30. The van der Waals surface area contributed by atoms with Crippen molar-refractivity contribution in [3.05, 3.63) is 59.9 Å². The van der Waals surface area contributed by atoms with Crippen LogP contribution in [0.2, 0.25) is 0 Å². The summed E-state index contributed by atoms with van der Waals surface area (Å²) < 4.78 is 0. The Balaban J connectivity index is 1.79. The fourth-order valence-corrected chi connectivity index (χ4v) is 2.92. The minimum Gasteiger partial charge on any atom is -0.345 e. The second kappa shape index (κ2) is 6.38. The summed E-state index contributed by atoms with van der Waals surface area (Å²) in [5.74, 6) is 5.99. The molecule has 1 fully saturated rings. The molecule has 1 heterocycles. The Morgan fingerprint density at radius 2 is 1.87 bits per heavy atom. The molecule has 1 aliphatic carbocycles. The summed E-state index contributed by atoms with van der Waals surface area (Å²) >= 11 is 0. The molecule has 0 saturated heterocycles. The van der Waals surface area contributed by atoms with Gasteiger partial charge in [0.1, 0.15) is 0 Å². The lowest BCUT2D eigenvalue weighted by Crippen LogP contribution is -2.42. The molecule has 0 aliphatic heterocycles. The van der Waals surface area contributed by atoms with Crippen molar-refractivity contribution in [3.63, 3.8) is 0 Å². The summed E-state index contributed by atoms with van der Waals surface area (Å²) in [5.41, 5.74) is 6.52. The van der Waals surface area contributed by atoms with Gasteiger partial charge < -0.3 is 10.7 Å². The van der Waals surface area contributed by atoms with E-state index in [0.29, 0.717) is 11.6 Å². The summed E-state index contributed by atoms with van der Waals surface area (Å²) in [5, 5.41) is 3.53. The maximum atomic E-state index is 5.35. The van der Waals surface area contributed by atoms with Crippen LogP contribution < -0.4 is 16.6 Å². The molecule has 2 aromatic rings. The van der Waals surface area contributed by atoms with Gasteiger partial charge >= 0.3 is 0 Å². The Morgan fingerprint density at radius 3 is 2.35 bits per heavy atom. The van der Waals surface area contributed by atoms with Crippen LogP contribution in [0.4, 0.5) is 5.95 Å². The topological polar surface area (TPSA) is 75.9 Å². The van der Waals surface area contributed by atoms with Crippen LogP contribution in [0, 0.1) is 0 Å². The number of nitrogens with zero attached hydrogens (tertiary/aromatic N) is 2. The van der Waals surface area contributed by atoms with Gasteiger partial charge in [-0.05, 0) is 36.8 Å². The molecule has 0 amide bonds. The Bertz CT molecular complexity index is 672. The number of nitrogens with two attached hydrogens (primary N) is 1. The largest absolute Gasteiger partial charge is 0.345 e. The number of nitrogens with one attached hydrogen (secondary N) is 2. The fourth-order valence-electron chi connectivity index (χ4n) is 2.92. The fraction of sp³-hybridized carbons (Fsp3) is 0.333. The van der Waals surface area contributed by atoms with Gasteiger partial charge in [0.2, 0.25) is 5.95 Å². The highest BCUT2D eigenvalue weighted by atomic mass is 15.2. The van der Waals surface area contributed by atoms with Crippen molar-refractivity contribution in [1.82, 2.24) is 15.4 Å². The average Bonchev–Trinajstić information content (AvgIpc) is 2.58. The summed E-state index contributed by atoms with van der Waals surface area (Å²) in [6, 6.07) is 8.86. The van der Waals surface area contributed by atoms with E-state index >= 15 is 0 Å². The van der Waals surface area contributed by atoms with Gasteiger partial charge in [0, 0.05) is 18.0 Å². The highest BCUT2D eigenvalue weighted by Crippen LogP contribution is 2.43. The molecule has 0 atom stereocenters. The highest BCUT2D eigenvalue weighted by molar-refractivity contribution is 5.59. The first-order valence-corrected chi connectivity index (χ1v) is 8.02. The van der Waals surface area contributed by atoms with Crippen LogP contribution in [0.3, 0.4) is 0 Å². The monoisotopic (exact) mass is 309 g/mol. The molecule has 3 rings (SSSR count). The molecule has 23 heavy (non-hydrogen) atoms. The highest BCUT2D eigenvalue weighted by Gasteiger charge is 2.39. The van der Waals surface area contributed by atoms with E-state index < -0.39 is 0 Å². The van der Waals surface area contributed by atoms with Crippen LogP contribution in [0.1, 0.15) is 42.9 Å². The smallest absolute Gasteiger partial charge is 0.223 e. The molecule has 1 aromatic carbocycles. The SMILES string of the molecule is C=C(NN)c1cnc(NC2(c3ccc(CC)cc3)CCC2)nc1. The lowest BCUT2D eigenvalue weighted by atomic mass is 9.71. The number of aromatic nitrogens is 2. The molecule has 1 saturated carbocycles. The predicted molar refractivity (Wildman–Crippen MR) is 93.4 cm³/mol. The van der Waals surface area contributed by atoms with Crippen molar-refractivity contribution in [2.45, 2.75) is 38.1 Å². The predicted octanol–water partition coefficient (Wildman–Crippen LogP) is 2.96. The standard InChI is InChI=1S/C18H23N5/c1-3-14-5-7-16(8-6-14)18(9-4-10-18)22-17-20-11-15(12-21-17)13(2)23-19/h5-8,11-12,23H,2-4,9-10,19H2,1H3,(H,20,21,22). The third-order valence-corrected chi connectivity index (χ3v) is 4.65. The number of hydrogen-bond acceptors (Lipinski definition) is 5. The zero-order chi connectivity index (χ0) is 16.3. The Morgan fingerprint density at radius 1 is 1.22 bits per heavy atom. The molecule has 1 aromatic heterocycles. The van der Waals surface area contributed by atoms with E-state index in [1.807, 2.05) is 0 Å². The van der Waals surface area contributed by atoms with E-state index in [4.69, 9.17) is 5.84 Å². The minimum atomic E-state index is -0.0447. The maximum absolute atomic E-state index is 5.35. The number of benzene rings is 1. The third kappa shape index (κ3) is 3.05. The molecule has 1 aliphatic rings. The van der Waals surface area contributed by atoms with Gasteiger partial charge in [-0.3, -0.25) is 5.84 Å². The van der Waals surface area contributed by atoms with Crippen LogP contribution in [-0.4, -0.2) is 9.97 Å². The first-order chi connectivity index (χ1) is 11.2. The lowest BCUT2D eigenvalue weighted by Gasteiger charge is -2.43. The van der Waals surface area contributed by atoms with E-state index in [1.165, 1.54) is 17.5 Å². The first-order valence-electron chi connectivity index (χ1n) is 8.02. The molecule has 120 valence electrons. The van der Waals surface area contributed by atoms with E-state index in [0.717, 1.165) is 24.8 Å². The van der Waals surface area contributed by atoms with Crippen LogP contribution >= 0.6 is 0 Å². The van der Waals surface area contributed by atoms with Crippen LogP contribution in [0.15, 0.2) is 43.2 Å². The van der Waals surface area contributed by atoms with Crippen molar-refractivity contribution in [2.24, 2.45) is 5.84 Å². The zero-order valence-corrected chi connectivity index (χ0v) is 13.5. The van der Waals surface area contributed by atoms with Crippen LogP contribution in [-0.2, 0) is 12.0 Å². The summed E-state index contributed by atoms with van der Waals surface area (Å²) in [6.45, 7) is 5.97. The molecule has 0 spiro atoms. The van der Waals surface area contributed by atoms with Gasteiger partial charge in [-0.15, -0.1) is 0 Å². The van der Waals surface area contributed by atoms with Gasteiger partial charge in [-0.2, -0.15) is 0 Å². The number of hydrazine groups is 1. The quantitative estimate of drug-likeness (QED) is 0.565. The van der Waals surface area contributed by atoms with E-state index in [1.54, 1.807) is 12.4 Å². The lowest BCUT2D eigenvalue weighted by molar-refractivity contribution is 0.282. The second-order valence-corrected chi connectivity index (χ2v) is 6.03. The van der Waals surface area contributed by atoms with E-state index in [-0.39, 0.29) is 5.54 Å². The second-order valence-electron chi connectivity index (χ2n) is 6.03. The van der Waals surface area contributed by atoms with Gasteiger partial charge in [0.15, 0.2) is 0 Å². The molecule has 0 unspecified atom stereocenters. The number of hydrogen-bond donors (Lipinski definition) is 3. The van der Waals surface area contributed by atoms with Crippen LogP contribution in [0.5, 0.6) is 0 Å². The first kappa shape index (κ1) is 15.5. The van der Waals surface area contributed by atoms with Crippen molar-refractivity contribution in [2.75, 3.05) is 5.32 Å². The van der Waals surface area contributed by atoms with Crippen LogP contribution in [0.25, 0.3) is 5.70 Å². The Hall–Kier alpha value is -2.40. The molecule has 5 nitrogen and oxygen atoms in total. The van der Waals surface area contributed by atoms with Crippen molar-refractivity contribution in [3.8, 4) is 0 Å². The van der Waals surface area contributed by atoms with E-state index in [9.17, 15) is 0 Å². The normalized spacial score (nSPS) is 15.6. The number of aryl methyl sites for hydroxylation is 1. The zero-order valence-electron chi connectivity index (χ0n) is 13.5. The summed E-state index contributed by atoms with van der Waals surface area (Å²) in [4.78, 5) is 8.79.